The predicted octanol–water partition coefficient (Wildman–Crippen LogP) is 0.696. The molecule has 0 saturated heterocycles. The number of imide groups is 1. The summed E-state index contributed by atoms with van der Waals surface area (Å²) in [6, 6.07) is 4.64. The van der Waals surface area contributed by atoms with Gasteiger partial charge in [-0.1, -0.05) is 0 Å². The molecule has 5 heteroatoms. The fourth-order valence-electron chi connectivity index (χ4n) is 1.72. The standard InChI is InChI=1S/C10H11N3O2/c1-12-7-2-3-8-6(4-7)5-9(14)13(8)10(11)15/h2-4,12H,5H2,1H3,(H2,11,15). The number of carbonyl (C=O) groups excluding carboxylic acids is 2. The molecule has 5 nitrogen and oxygen atoms in total. The van der Waals surface area contributed by atoms with Gasteiger partial charge in [0.25, 0.3) is 0 Å². The Labute approximate surface area is 86.9 Å². The maximum absolute atomic E-state index is 11.5. The van der Waals surface area contributed by atoms with Gasteiger partial charge < -0.3 is 11.1 Å². The molecule has 78 valence electrons. The van der Waals surface area contributed by atoms with E-state index in [1.54, 1.807) is 19.2 Å². The van der Waals surface area contributed by atoms with Crippen LogP contribution < -0.4 is 16.0 Å². The van der Waals surface area contributed by atoms with Crippen LogP contribution in [-0.2, 0) is 11.2 Å². The first-order chi connectivity index (χ1) is 7.13. The molecule has 0 spiro atoms. The molecule has 1 aliphatic rings. The van der Waals surface area contributed by atoms with Crippen LogP contribution in [0.15, 0.2) is 18.2 Å². The average molecular weight is 205 g/mol. The van der Waals surface area contributed by atoms with Crippen molar-refractivity contribution in [3.63, 3.8) is 0 Å². The highest BCUT2D eigenvalue weighted by atomic mass is 16.2. The highest BCUT2D eigenvalue weighted by molar-refractivity contribution is 6.18. The number of urea groups is 1. The van der Waals surface area contributed by atoms with Crippen LogP contribution in [0.3, 0.4) is 0 Å². The molecule has 15 heavy (non-hydrogen) atoms. The lowest BCUT2D eigenvalue weighted by Gasteiger charge is -2.12. The van der Waals surface area contributed by atoms with Gasteiger partial charge in [-0.2, -0.15) is 0 Å². The monoisotopic (exact) mass is 205 g/mol. The van der Waals surface area contributed by atoms with Crippen LogP contribution in [0.2, 0.25) is 0 Å². The maximum atomic E-state index is 11.5. The quantitative estimate of drug-likeness (QED) is 0.708. The molecule has 3 N–H and O–H groups in total. The molecule has 0 aromatic heterocycles. The number of nitrogens with zero attached hydrogens (tertiary/aromatic N) is 1. The van der Waals surface area contributed by atoms with Crippen LogP contribution >= 0.6 is 0 Å². The molecule has 1 aliphatic heterocycles. The van der Waals surface area contributed by atoms with Gasteiger partial charge in [0, 0.05) is 12.7 Å². The van der Waals surface area contributed by atoms with Gasteiger partial charge in [-0.15, -0.1) is 0 Å². The summed E-state index contributed by atoms with van der Waals surface area (Å²) in [6.07, 6.45) is 0.230. The first kappa shape index (κ1) is 9.51. The normalized spacial score (nSPS) is 13.9. The molecule has 1 aromatic rings. The Balaban J connectivity index is 2.47. The number of benzene rings is 1. The summed E-state index contributed by atoms with van der Waals surface area (Å²) < 4.78 is 0. The number of nitrogens with one attached hydrogen (secondary N) is 1. The molecule has 0 bridgehead atoms. The Bertz CT molecular complexity index is 442. The highest BCUT2D eigenvalue weighted by Gasteiger charge is 2.30. The van der Waals surface area contributed by atoms with E-state index in [1.807, 2.05) is 6.07 Å². The van der Waals surface area contributed by atoms with Gasteiger partial charge in [-0.3, -0.25) is 4.79 Å². The number of anilines is 2. The maximum Gasteiger partial charge on any atom is 0.326 e. The van der Waals surface area contributed by atoms with Crippen molar-refractivity contribution in [2.24, 2.45) is 5.73 Å². The van der Waals surface area contributed by atoms with Crippen LogP contribution in [0, 0.1) is 0 Å². The zero-order valence-corrected chi connectivity index (χ0v) is 8.28. The SMILES string of the molecule is CNc1ccc2c(c1)CC(=O)N2C(N)=O. The van der Waals surface area contributed by atoms with Crippen LogP contribution in [-0.4, -0.2) is 19.0 Å². The second-order valence-corrected chi connectivity index (χ2v) is 3.34. The van der Waals surface area contributed by atoms with E-state index >= 15 is 0 Å². The third-order valence-corrected chi connectivity index (χ3v) is 2.42. The Morgan fingerprint density at radius 2 is 2.27 bits per heavy atom. The molecule has 0 atom stereocenters. The van der Waals surface area contributed by atoms with E-state index in [9.17, 15) is 9.59 Å². The highest BCUT2D eigenvalue weighted by Crippen LogP contribution is 2.30. The van der Waals surface area contributed by atoms with E-state index in [4.69, 9.17) is 5.73 Å². The molecule has 0 aliphatic carbocycles. The summed E-state index contributed by atoms with van der Waals surface area (Å²) in [5.74, 6) is -0.272. The Kier molecular flexibility index (Phi) is 2.07. The number of rotatable bonds is 1. The number of nitrogens with two attached hydrogens (primary N) is 1. The molecular formula is C10H11N3O2. The van der Waals surface area contributed by atoms with E-state index in [1.165, 1.54) is 0 Å². The van der Waals surface area contributed by atoms with E-state index in [0.717, 1.165) is 16.2 Å². The number of amides is 3. The van der Waals surface area contributed by atoms with Crippen LogP contribution in [0.1, 0.15) is 5.56 Å². The number of hydrogen-bond acceptors (Lipinski definition) is 3. The van der Waals surface area contributed by atoms with Gasteiger partial charge in [0.15, 0.2) is 0 Å². The van der Waals surface area contributed by atoms with E-state index in [0.29, 0.717) is 5.69 Å². The third kappa shape index (κ3) is 1.41. The molecule has 1 aromatic carbocycles. The lowest BCUT2D eigenvalue weighted by Crippen LogP contribution is -2.38. The minimum absolute atomic E-state index is 0.230. The first-order valence-corrected chi connectivity index (χ1v) is 4.56. The molecule has 0 unspecified atom stereocenters. The van der Waals surface area contributed by atoms with E-state index in [2.05, 4.69) is 5.32 Å². The zero-order valence-electron chi connectivity index (χ0n) is 8.28. The molecule has 0 radical (unpaired) electrons. The van der Waals surface area contributed by atoms with Crippen molar-refractivity contribution in [2.75, 3.05) is 17.3 Å². The number of carbonyl (C=O) groups is 2. The summed E-state index contributed by atoms with van der Waals surface area (Å²) in [5, 5.41) is 2.97. The van der Waals surface area contributed by atoms with Gasteiger partial charge >= 0.3 is 6.03 Å². The van der Waals surface area contributed by atoms with Crippen molar-refractivity contribution < 1.29 is 9.59 Å². The van der Waals surface area contributed by atoms with Crippen LogP contribution in [0.4, 0.5) is 16.2 Å². The van der Waals surface area contributed by atoms with Gasteiger partial charge in [0.2, 0.25) is 5.91 Å². The number of primary amides is 1. The van der Waals surface area contributed by atoms with Crippen LogP contribution in [0.5, 0.6) is 0 Å². The minimum atomic E-state index is -0.726. The molecule has 0 saturated carbocycles. The second kappa shape index (κ2) is 3.27. The van der Waals surface area contributed by atoms with Crippen LogP contribution in [0.25, 0.3) is 0 Å². The van der Waals surface area contributed by atoms with Gasteiger partial charge in [0.1, 0.15) is 0 Å². The van der Waals surface area contributed by atoms with Crippen molar-refractivity contribution >= 4 is 23.3 Å². The fraction of sp³-hybridized carbons (Fsp3) is 0.200. The molecule has 0 fully saturated rings. The Hall–Kier alpha value is -2.04. The zero-order chi connectivity index (χ0) is 11.0. The van der Waals surface area contributed by atoms with Crippen molar-refractivity contribution in [2.45, 2.75) is 6.42 Å². The number of hydrogen-bond donors (Lipinski definition) is 2. The largest absolute Gasteiger partial charge is 0.388 e. The van der Waals surface area contributed by atoms with Crippen molar-refractivity contribution in [3.05, 3.63) is 23.8 Å². The number of fused-ring (bicyclic) bond motifs is 1. The predicted molar refractivity (Wildman–Crippen MR) is 56.8 cm³/mol. The first-order valence-electron chi connectivity index (χ1n) is 4.56. The van der Waals surface area contributed by atoms with Gasteiger partial charge in [-0.25, -0.2) is 9.69 Å². The van der Waals surface area contributed by atoms with Gasteiger partial charge in [0.05, 0.1) is 12.1 Å². The van der Waals surface area contributed by atoms with Crippen molar-refractivity contribution in [1.82, 2.24) is 0 Å². The third-order valence-electron chi connectivity index (χ3n) is 2.42. The Morgan fingerprint density at radius 1 is 1.53 bits per heavy atom. The molecule has 2 rings (SSSR count). The lowest BCUT2D eigenvalue weighted by molar-refractivity contribution is -0.116. The smallest absolute Gasteiger partial charge is 0.326 e. The molecule has 3 amide bonds. The van der Waals surface area contributed by atoms with Crippen molar-refractivity contribution in [1.29, 1.82) is 0 Å². The molecular weight excluding hydrogens is 194 g/mol. The summed E-state index contributed by atoms with van der Waals surface area (Å²) in [4.78, 5) is 23.5. The molecule has 1 heterocycles. The van der Waals surface area contributed by atoms with E-state index in [-0.39, 0.29) is 12.3 Å². The average Bonchev–Trinajstić information content (AvgIpc) is 2.52. The second-order valence-electron chi connectivity index (χ2n) is 3.34. The van der Waals surface area contributed by atoms with E-state index < -0.39 is 6.03 Å². The topological polar surface area (TPSA) is 75.4 Å². The van der Waals surface area contributed by atoms with Crippen molar-refractivity contribution in [3.8, 4) is 0 Å². The lowest BCUT2D eigenvalue weighted by atomic mass is 10.1. The minimum Gasteiger partial charge on any atom is -0.388 e. The Morgan fingerprint density at radius 3 is 2.87 bits per heavy atom. The summed E-state index contributed by atoms with van der Waals surface area (Å²) >= 11 is 0. The summed E-state index contributed by atoms with van der Waals surface area (Å²) in [7, 11) is 1.80. The fourth-order valence-corrected chi connectivity index (χ4v) is 1.72. The summed E-state index contributed by atoms with van der Waals surface area (Å²) in [5.41, 5.74) is 7.45. The van der Waals surface area contributed by atoms with Gasteiger partial charge in [-0.05, 0) is 23.8 Å². The summed E-state index contributed by atoms with van der Waals surface area (Å²) in [6.45, 7) is 0.